The van der Waals surface area contributed by atoms with Gasteiger partial charge < -0.3 is 20.6 Å². The van der Waals surface area contributed by atoms with Crippen molar-refractivity contribution in [1.82, 2.24) is 9.97 Å². The van der Waals surface area contributed by atoms with Crippen LogP contribution in [-0.4, -0.2) is 23.0 Å². The first-order valence-electron chi connectivity index (χ1n) is 8.66. The molecule has 29 heavy (non-hydrogen) atoms. The van der Waals surface area contributed by atoms with E-state index in [-0.39, 0.29) is 34.5 Å². The third kappa shape index (κ3) is 3.75. The number of hydrogen-bond donors (Lipinski definition) is 2. The molecule has 0 saturated heterocycles. The van der Waals surface area contributed by atoms with Gasteiger partial charge in [0.1, 0.15) is 17.0 Å². The summed E-state index contributed by atoms with van der Waals surface area (Å²) >= 11 is 0. The van der Waals surface area contributed by atoms with E-state index in [2.05, 4.69) is 9.97 Å². The average molecular weight is 408 g/mol. The molecule has 3 aromatic rings. The van der Waals surface area contributed by atoms with Gasteiger partial charge in [0.05, 0.1) is 13.2 Å². The molecule has 1 aromatic carbocycles. The van der Waals surface area contributed by atoms with Crippen molar-refractivity contribution in [2.24, 2.45) is 17.4 Å². The Bertz CT molecular complexity index is 1080. The first-order valence-corrected chi connectivity index (χ1v) is 8.66. The number of amides is 1. The fourth-order valence-corrected chi connectivity index (χ4v) is 2.85. The van der Waals surface area contributed by atoms with Crippen LogP contribution in [0.1, 0.15) is 41.8 Å². The summed E-state index contributed by atoms with van der Waals surface area (Å²) in [5.41, 5.74) is 10.6. The summed E-state index contributed by atoms with van der Waals surface area (Å²) < 4.78 is 50.1. The molecule has 0 aliphatic carbocycles. The van der Waals surface area contributed by atoms with E-state index >= 15 is 0 Å². The van der Waals surface area contributed by atoms with Crippen molar-refractivity contribution >= 4 is 16.8 Å². The monoisotopic (exact) mass is 408 g/mol. The normalized spacial score (nSPS) is 13.1. The van der Waals surface area contributed by atoms with E-state index in [0.29, 0.717) is 10.9 Å². The van der Waals surface area contributed by atoms with Gasteiger partial charge in [0, 0.05) is 10.9 Å². The van der Waals surface area contributed by atoms with Crippen molar-refractivity contribution in [3.05, 3.63) is 41.4 Å². The lowest BCUT2D eigenvalue weighted by Crippen LogP contribution is -2.21. The number of benzene rings is 1. The number of primary amides is 1. The summed E-state index contributed by atoms with van der Waals surface area (Å²) in [5, 5.41) is 0.305. The number of alkyl halides is 3. The number of oxazole rings is 1. The van der Waals surface area contributed by atoms with Gasteiger partial charge in [-0.1, -0.05) is 13.8 Å². The number of nitrogens with two attached hydrogens (primary N) is 2. The van der Waals surface area contributed by atoms with E-state index in [1.807, 2.05) is 13.8 Å². The number of halogens is 3. The molecule has 0 radical (unpaired) electrons. The zero-order valence-electron chi connectivity index (χ0n) is 15.9. The first kappa shape index (κ1) is 20.6. The minimum atomic E-state index is -4.62. The zero-order chi connectivity index (χ0) is 21.5. The first-order chi connectivity index (χ1) is 13.5. The van der Waals surface area contributed by atoms with Gasteiger partial charge in [-0.2, -0.15) is 13.2 Å². The molecule has 0 aliphatic heterocycles. The largest absolute Gasteiger partial charge is 0.494 e. The average Bonchev–Trinajstić information content (AvgIpc) is 3.10. The molecular formula is C19H19F3N4O3. The zero-order valence-corrected chi connectivity index (χ0v) is 15.9. The molecule has 0 aliphatic rings. The van der Waals surface area contributed by atoms with Gasteiger partial charge >= 0.3 is 6.18 Å². The molecule has 3 rings (SSSR count). The van der Waals surface area contributed by atoms with Gasteiger partial charge in [-0.05, 0) is 30.2 Å². The van der Waals surface area contributed by atoms with Gasteiger partial charge in [-0.15, -0.1) is 0 Å². The second-order valence-electron chi connectivity index (χ2n) is 6.77. The third-order valence-electron chi connectivity index (χ3n) is 4.47. The molecule has 2 heterocycles. The number of ether oxygens (including phenoxy) is 1. The highest BCUT2D eigenvalue weighted by molar-refractivity contribution is 5.97. The summed E-state index contributed by atoms with van der Waals surface area (Å²) in [4.78, 5) is 19.6. The fraction of sp³-hybridized carbons (Fsp3) is 0.316. The Morgan fingerprint density at radius 3 is 2.41 bits per heavy atom. The maximum absolute atomic E-state index is 13.1. The molecule has 2 aromatic heterocycles. The van der Waals surface area contributed by atoms with Crippen molar-refractivity contribution in [3.8, 4) is 17.2 Å². The molecule has 1 atom stereocenters. The van der Waals surface area contributed by atoms with Gasteiger partial charge in [-0.25, -0.2) is 9.97 Å². The Balaban J connectivity index is 2.25. The molecular weight excluding hydrogens is 389 g/mol. The van der Waals surface area contributed by atoms with Gasteiger partial charge in [0.25, 0.3) is 5.91 Å². The number of carbonyl (C=O) groups is 1. The number of carbonyl (C=O) groups excluding carboxylic acids is 1. The van der Waals surface area contributed by atoms with Crippen molar-refractivity contribution < 1.29 is 27.1 Å². The van der Waals surface area contributed by atoms with Crippen LogP contribution in [0.3, 0.4) is 0 Å². The van der Waals surface area contributed by atoms with Crippen LogP contribution >= 0.6 is 0 Å². The molecule has 0 fully saturated rings. The predicted molar refractivity (Wildman–Crippen MR) is 99.1 cm³/mol. The number of aromatic nitrogens is 2. The van der Waals surface area contributed by atoms with Crippen molar-refractivity contribution in [1.29, 1.82) is 0 Å². The maximum Gasteiger partial charge on any atom is 0.433 e. The maximum atomic E-state index is 13.1. The van der Waals surface area contributed by atoms with Crippen LogP contribution in [0.15, 0.2) is 28.7 Å². The summed E-state index contributed by atoms with van der Waals surface area (Å²) in [6.07, 6.45) is -4.62. The highest BCUT2D eigenvalue weighted by Gasteiger charge is 2.33. The Kier molecular flexibility index (Phi) is 5.22. The molecule has 0 spiro atoms. The number of hydrogen-bond acceptors (Lipinski definition) is 6. The molecule has 154 valence electrons. The second-order valence-corrected chi connectivity index (χ2v) is 6.77. The SMILES string of the molecule is COc1ccc(-c2nc(C(N)=O)c([C@@H](N)C(C)C)o2)c2ccc(C(F)(F)F)nc12. The Morgan fingerprint density at radius 1 is 1.17 bits per heavy atom. The van der Waals surface area contributed by atoms with Gasteiger partial charge in [-0.3, -0.25) is 4.79 Å². The molecule has 4 N–H and O–H groups in total. The van der Waals surface area contributed by atoms with E-state index in [0.717, 1.165) is 6.07 Å². The third-order valence-corrected chi connectivity index (χ3v) is 4.47. The van der Waals surface area contributed by atoms with E-state index < -0.39 is 23.8 Å². The van der Waals surface area contributed by atoms with Crippen molar-refractivity contribution in [2.45, 2.75) is 26.1 Å². The standard InChI is InChI=1S/C19H19F3N4O3/c1-8(2)13(23)16-15(17(24)27)26-18(29-16)10-4-6-11(28-3)14-9(10)5-7-12(25-14)19(20,21)22/h4-8,13H,23H2,1-3H3,(H2,24,27)/t13-/m0/s1. The quantitative estimate of drug-likeness (QED) is 0.665. The predicted octanol–water partition coefficient (Wildman–Crippen LogP) is 3.67. The lowest BCUT2D eigenvalue weighted by molar-refractivity contribution is -0.140. The lowest BCUT2D eigenvalue weighted by atomic mass is 10.0. The molecule has 1 amide bonds. The minimum Gasteiger partial charge on any atom is -0.494 e. The summed E-state index contributed by atoms with van der Waals surface area (Å²) in [5.74, 6) is -0.625. The molecule has 0 unspecified atom stereocenters. The van der Waals surface area contributed by atoms with Crippen LogP contribution < -0.4 is 16.2 Å². The summed E-state index contributed by atoms with van der Waals surface area (Å²) in [6.45, 7) is 3.67. The van der Waals surface area contributed by atoms with E-state index in [1.165, 1.54) is 19.2 Å². The van der Waals surface area contributed by atoms with Gasteiger partial charge in [0.2, 0.25) is 5.89 Å². The Morgan fingerprint density at radius 2 is 1.86 bits per heavy atom. The number of nitrogens with zero attached hydrogens (tertiary/aromatic N) is 2. The molecule has 0 bridgehead atoms. The van der Waals surface area contributed by atoms with E-state index in [1.54, 1.807) is 6.07 Å². The number of rotatable bonds is 5. The Hall–Kier alpha value is -3.14. The minimum absolute atomic E-state index is 0.000822. The van der Waals surface area contributed by atoms with Crippen LogP contribution in [0.4, 0.5) is 13.2 Å². The Labute approximate surface area is 163 Å². The van der Waals surface area contributed by atoms with Gasteiger partial charge in [0.15, 0.2) is 11.5 Å². The number of fused-ring (bicyclic) bond motifs is 1. The van der Waals surface area contributed by atoms with Crippen molar-refractivity contribution in [3.63, 3.8) is 0 Å². The van der Waals surface area contributed by atoms with Crippen molar-refractivity contribution in [2.75, 3.05) is 7.11 Å². The molecule has 10 heteroatoms. The van der Waals surface area contributed by atoms with Crippen LogP contribution in [0.25, 0.3) is 22.4 Å². The van der Waals surface area contributed by atoms with E-state index in [9.17, 15) is 18.0 Å². The highest BCUT2D eigenvalue weighted by atomic mass is 19.4. The molecule has 7 nitrogen and oxygen atoms in total. The number of methoxy groups -OCH3 is 1. The number of pyridine rings is 1. The topological polar surface area (TPSA) is 117 Å². The summed E-state index contributed by atoms with van der Waals surface area (Å²) in [7, 11) is 1.33. The smallest absolute Gasteiger partial charge is 0.433 e. The van der Waals surface area contributed by atoms with E-state index in [4.69, 9.17) is 20.6 Å². The lowest BCUT2D eigenvalue weighted by Gasteiger charge is -2.13. The fourth-order valence-electron chi connectivity index (χ4n) is 2.85. The van der Waals surface area contributed by atoms with Crippen LogP contribution in [0, 0.1) is 5.92 Å². The molecule has 0 saturated carbocycles. The van der Waals surface area contributed by atoms with Crippen LogP contribution in [0.5, 0.6) is 5.75 Å². The second kappa shape index (κ2) is 7.36. The van der Waals surface area contributed by atoms with Crippen LogP contribution in [-0.2, 0) is 6.18 Å². The summed E-state index contributed by atoms with van der Waals surface area (Å²) in [6, 6.07) is 4.46. The highest BCUT2D eigenvalue weighted by Crippen LogP contribution is 2.37. The van der Waals surface area contributed by atoms with Crippen LogP contribution in [0.2, 0.25) is 0 Å².